The van der Waals surface area contributed by atoms with Gasteiger partial charge in [-0.3, -0.25) is 4.79 Å². The maximum Gasteiger partial charge on any atom is 0.306 e. The number of carbonyl (C=O) groups is 1. The van der Waals surface area contributed by atoms with Crippen molar-refractivity contribution < 1.29 is 14.3 Å². The van der Waals surface area contributed by atoms with Crippen LogP contribution in [0.1, 0.15) is 26.2 Å². The molecule has 0 amide bonds. The second-order valence-corrected chi connectivity index (χ2v) is 3.00. The van der Waals surface area contributed by atoms with Gasteiger partial charge in [0.25, 0.3) is 0 Å². The van der Waals surface area contributed by atoms with E-state index in [1.165, 1.54) is 0 Å². The Labute approximate surface area is 79.4 Å². The Bertz CT molecular complexity index is 139. The van der Waals surface area contributed by atoms with Gasteiger partial charge in [-0.15, -0.1) is 0 Å². The molecule has 0 saturated carbocycles. The van der Waals surface area contributed by atoms with Crippen molar-refractivity contribution in [1.29, 1.82) is 0 Å². The molecule has 0 fully saturated rings. The fraction of sp³-hybridized carbons (Fsp3) is 0.889. The molecule has 0 spiro atoms. The summed E-state index contributed by atoms with van der Waals surface area (Å²) in [6.45, 7) is 2.88. The highest BCUT2D eigenvalue weighted by molar-refractivity contribution is 5.69. The monoisotopic (exact) mass is 189 g/mol. The molecular formula is C9H19NO3. The van der Waals surface area contributed by atoms with Crippen LogP contribution in [0.15, 0.2) is 0 Å². The quantitative estimate of drug-likeness (QED) is 0.473. The topological polar surface area (TPSA) is 61.5 Å². The van der Waals surface area contributed by atoms with Gasteiger partial charge in [-0.25, -0.2) is 0 Å². The molecule has 0 saturated heterocycles. The number of carbonyl (C=O) groups excluding carboxylic acids is 1. The molecule has 0 radical (unpaired) electrons. The summed E-state index contributed by atoms with van der Waals surface area (Å²) < 4.78 is 9.87. The lowest BCUT2D eigenvalue weighted by Gasteiger charge is -2.11. The molecule has 0 aliphatic rings. The predicted molar refractivity (Wildman–Crippen MR) is 50.3 cm³/mol. The fourth-order valence-electron chi connectivity index (χ4n) is 0.966. The van der Waals surface area contributed by atoms with Crippen LogP contribution in [-0.2, 0) is 14.3 Å². The van der Waals surface area contributed by atoms with E-state index in [-0.39, 0.29) is 12.1 Å². The molecule has 0 rings (SSSR count). The van der Waals surface area contributed by atoms with Crippen molar-refractivity contribution in [3.05, 3.63) is 0 Å². The average Bonchev–Trinajstić information content (AvgIpc) is 2.05. The third-order valence-corrected chi connectivity index (χ3v) is 1.57. The molecule has 0 bridgehead atoms. The summed E-state index contributed by atoms with van der Waals surface area (Å²) >= 11 is 0. The first kappa shape index (κ1) is 12.4. The Morgan fingerprint density at radius 2 is 2.15 bits per heavy atom. The molecule has 0 heterocycles. The van der Waals surface area contributed by atoms with Gasteiger partial charge in [0.05, 0.1) is 6.61 Å². The van der Waals surface area contributed by atoms with Gasteiger partial charge in [-0.05, 0) is 26.3 Å². The van der Waals surface area contributed by atoms with Crippen LogP contribution in [0.2, 0.25) is 0 Å². The second-order valence-electron chi connectivity index (χ2n) is 3.00. The Morgan fingerprint density at radius 3 is 2.69 bits per heavy atom. The van der Waals surface area contributed by atoms with Crippen LogP contribution in [0.3, 0.4) is 0 Å². The van der Waals surface area contributed by atoms with E-state index in [1.807, 2.05) is 6.92 Å². The first-order valence-corrected chi connectivity index (χ1v) is 4.59. The van der Waals surface area contributed by atoms with E-state index in [2.05, 4.69) is 0 Å². The average molecular weight is 189 g/mol. The molecular weight excluding hydrogens is 170 g/mol. The van der Waals surface area contributed by atoms with Crippen LogP contribution in [-0.4, -0.2) is 32.3 Å². The molecule has 78 valence electrons. The standard InChI is InChI=1S/C9H19NO3/c1-8(7-12-2)13-9(11)5-3-4-6-10/h8H,3-7,10H2,1-2H3. The highest BCUT2D eigenvalue weighted by Crippen LogP contribution is 1.99. The molecule has 0 aromatic heterocycles. The van der Waals surface area contributed by atoms with Crippen molar-refractivity contribution in [2.45, 2.75) is 32.3 Å². The van der Waals surface area contributed by atoms with Gasteiger partial charge in [-0.1, -0.05) is 0 Å². The highest BCUT2D eigenvalue weighted by Gasteiger charge is 2.07. The van der Waals surface area contributed by atoms with Crippen LogP contribution in [0, 0.1) is 0 Å². The third-order valence-electron chi connectivity index (χ3n) is 1.57. The molecule has 2 N–H and O–H groups in total. The van der Waals surface area contributed by atoms with Crippen LogP contribution >= 0.6 is 0 Å². The number of hydrogen-bond acceptors (Lipinski definition) is 4. The summed E-state index contributed by atoms with van der Waals surface area (Å²) in [5.41, 5.74) is 5.29. The van der Waals surface area contributed by atoms with Gasteiger partial charge < -0.3 is 15.2 Å². The number of methoxy groups -OCH3 is 1. The molecule has 13 heavy (non-hydrogen) atoms. The first-order chi connectivity index (χ1) is 6.20. The number of unbranched alkanes of at least 4 members (excludes halogenated alkanes) is 1. The SMILES string of the molecule is COCC(C)OC(=O)CCCCN. The zero-order valence-corrected chi connectivity index (χ0v) is 8.41. The van der Waals surface area contributed by atoms with Crippen molar-refractivity contribution in [3.8, 4) is 0 Å². The summed E-state index contributed by atoms with van der Waals surface area (Å²) in [6.07, 6.45) is 1.96. The zero-order valence-electron chi connectivity index (χ0n) is 8.41. The van der Waals surface area contributed by atoms with E-state index in [4.69, 9.17) is 15.2 Å². The van der Waals surface area contributed by atoms with E-state index in [1.54, 1.807) is 7.11 Å². The highest BCUT2D eigenvalue weighted by atomic mass is 16.6. The number of hydrogen-bond donors (Lipinski definition) is 1. The molecule has 0 aromatic carbocycles. The van der Waals surface area contributed by atoms with Crippen LogP contribution in [0.4, 0.5) is 0 Å². The summed E-state index contributed by atoms with van der Waals surface area (Å²) in [5, 5.41) is 0. The molecule has 4 heteroatoms. The van der Waals surface area contributed by atoms with E-state index < -0.39 is 0 Å². The molecule has 1 atom stereocenters. The summed E-state index contributed by atoms with van der Waals surface area (Å²) in [7, 11) is 1.58. The van der Waals surface area contributed by atoms with Crippen LogP contribution in [0.25, 0.3) is 0 Å². The number of rotatable bonds is 7. The number of ether oxygens (including phenoxy) is 2. The predicted octanol–water partition coefficient (Wildman–Crippen LogP) is 0.694. The normalized spacial score (nSPS) is 12.5. The van der Waals surface area contributed by atoms with Crippen molar-refractivity contribution in [2.75, 3.05) is 20.3 Å². The van der Waals surface area contributed by atoms with Gasteiger partial charge in [0.15, 0.2) is 0 Å². The smallest absolute Gasteiger partial charge is 0.306 e. The molecule has 0 aliphatic heterocycles. The molecule has 1 unspecified atom stereocenters. The van der Waals surface area contributed by atoms with Gasteiger partial charge >= 0.3 is 5.97 Å². The largest absolute Gasteiger partial charge is 0.460 e. The lowest BCUT2D eigenvalue weighted by molar-refractivity contribution is -0.150. The Hall–Kier alpha value is -0.610. The van der Waals surface area contributed by atoms with Gasteiger partial charge in [-0.2, -0.15) is 0 Å². The molecule has 0 aliphatic carbocycles. The lowest BCUT2D eigenvalue weighted by Crippen LogP contribution is -2.19. The molecule has 4 nitrogen and oxygen atoms in total. The zero-order chi connectivity index (χ0) is 10.1. The molecule has 0 aromatic rings. The maximum absolute atomic E-state index is 11.1. The van der Waals surface area contributed by atoms with Crippen LogP contribution < -0.4 is 5.73 Å². The summed E-state index contributed by atoms with van der Waals surface area (Å²) in [4.78, 5) is 11.1. The van der Waals surface area contributed by atoms with E-state index in [0.717, 1.165) is 12.8 Å². The number of esters is 1. The Kier molecular flexibility index (Phi) is 7.63. The van der Waals surface area contributed by atoms with Gasteiger partial charge in [0.1, 0.15) is 6.10 Å². The van der Waals surface area contributed by atoms with E-state index >= 15 is 0 Å². The van der Waals surface area contributed by atoms with Crippen molar-refractivity contribution in [3.63, 3.8) is 0 Å². The fourth-order valence-corrected chi connectivity index (χ4v) is 0.966. The van der Waals surface area contributed by atoms with Crippen molar-refractivity contribution >= 4 is 5.97 Å². The van der Waals surface area contributed by atoms with Crippen molar-refractivity contribution in [1.82, 2.24) is 0 Å². The minimum absolute atomic E-state index is 0.157. The maximum atomic E-state index is 11.1. The minimum Gasteiger partial charge on any atom is -0.460 e. The van der Waals surface area contributed by atoms with E-state index in [9.17, 15) is 4.79 Å². The van der Waals surface area contributed by atoms with E-state index in [0.29, 0.717) is 19.6 Å². The van der Waals surface area contributed by atoms with Crippen LogP contribution in [0.5, 0.6) is 0 Å². The number of nitrogens with two attached hydrogens (primary N) is 1. The van der Waals surface area contributed by atoms with Crippen molar-refractivity contribution in [2.24, 2.45) is 5.73 Å². The first-order valence-electron chi connectivity index (χ1n) is 4.59. The Balaban J connectivity index is 3.38. The lowest BCUT2D eigenvalue weighted by atomic mass is 10.2. The van der Waals surface area contributed by atoms with Gasteiger partial charge in [0.2, 0.25) is 0 Å². The van der Waals surface area contributed by atoms with Gasteiger partial charge in [0, 0.05) is 13.5 Å². The summed E-state index contributed by atoms with van der Waals surface area (Å²) in [6, 6.07) is 0. The Morgan fingerprint density at radius 1 is 1.46 bits per heavy atom. The second kappa shape index (κ2) is 8.01. The summed E-state index contributed by atoms with van der Waals surface area (Å²) in [5.74, 6) is -0.169. The third kappa shape index (κ3) is 7.74. The minimum atomic E-state index is -0.169.